The van der Waals surface area contributed by atoms with E-state index in [1.807, 2.05) is 0 Å². The Labute approximate surface area is 135 Å². The molecular weight excluding hydrogens is 318 g/mol. The van der Waals surface area contributed by atoms with Gasteiger partial charge in [-0.3, -0.25) is 14.2 Å². The molecule has 0 aliphatic rings. The van der Waals surface area contributed by atoms with Crippen LogP contribution < -0.4 is 10.3 Å². The molecule has 8 heteroatoms. The Morgan fingerprint density at radius 3 is 2.83 bits per heavy atom. The molecule has 0 aromatic carbocycles. The number of aromatic nitrogens is 3. The average Bonchev–Trinajstić information content (AvgIpc) is 3.11. The van der Waals surface area contributed by atoms with E-state index in [4.69, 9.17) is 9.26 Å². The zero-order valence-corrected chi connectivity index (χ0v) is 13.3. The largest absolute Gasteiger partial charge is 0.487 e. The maximum absolute atomic E-state index is 12.2. The number of hydrogen-bond donors (Lipinski definition) is 0. The topological polar surface area (TPSA) is 87.2 Å². The molecule has 0 bridgehead atoms. The molecule has 3 heterocycles. The normalized spacial score (nSPS) is 10.7. The maximum Gasteiger partial charge on any atom is 0.260 e. The molecule has 0 saturated carbocycles. The van der Waals surface area contributed by atoms with Crippen molar-refractivity contribution >= 4 is 17.6 Å². The van der Waals surface area contributed by atoms with Crippen LogP contribution >= 0.6 is 11.3 Å². The van der Waals surface area contributed by atoms with E-state index >= 15 is 0 Å². The van der Waals surface area contributed by atoms with Crippen LogP contribution in [0.2, 0.25) is 0 Å². The van der Waals surface area contributed by atoms with Crippen LogP contribution in [0, 0.1) is 13.8 Å². The standard InChI is InChI=1S/C15H13N3O4S/c1-9-5-11(17-22-9)8-21-12-3-4-18(14(20)6-12)15-16-10(2)13(7-19)23-15/h3-7H,8H2,1-2H3. The first-order chi connectivity index (χ1) is 11.1. The first-order valence-electron chi connectivity index (χ1n) is 6.77. The fourth-order valence-corrected chi connectivity index (χ4v) is 2.83. The molecule has 0 saturated heterocycles. The number of hydrogen-bond acceptors (Lipinski definition) is 7. The Kier molecular flexibility index (Phi) is 4.07. The van der Waals surface area contributed by atoms with Crippen molar-refractivity contribution < 1.29 is 14.1 Å². The molecule has 118 valence electrons. The summed E-state index contributed by atoms with van der Waals surface area (Å²) in [4.78, 5) is 27.8. The summed E-state index contributed by atoms with van der Waals surface area (Å²) in [6.45, 7) is 3.74. The average molecular weight is 331 g/mol. The highest BCUT2D eigenvalue weighted by atomic mass is 32.1. The Balaban J connectivity index is 1.80. The molecule has 0 aliphatic carbocycles. The summed E-state index contributed by atoms with van der Waals surface area (Å²) in [7, 11) is 0. The fourth-order valence-electron chi connectivity index (χ4n) is 1.96. The van der Waals surface area contributed by atoms with Gasteiger partial charge in [0.05, 0.1) is 10.6 Å². The number of nitrogens with zero attached hydrogens (tertiary/aromatic N) is 3. The molecule has 3 aromatic rings. The molecule has 0 N–H and O–H groups in total. The lowest BCUT2D eigenvalue weighted by atomic mass is 10.4. The molecule has 0 unspecified atom stereocenters. The van der Waals surface area contributed by atoms with Crippen LogP contribution in [0.1, 0.15) is 26.8 Å². The second-order valence-electron chi connectivity index (χ2n) is 4.85. The Hall–Kier alpha value is -2.74. The summed E-state index contributed by atoms with van der Waals surface area (Å²) < 4.78 is 11.8. The van der Waals surface area contributed by atoms with Gasteiger partial charge in [0.15, 0.2) is 11.4 Å². The lowest BCUT2D eigenvalue weighted by Crippen LogP contribution is -2.16. The number of thiazole rings is 1. The summed E-state index contributed by atoms with van der Waals surface area (Å²) >= 11 is 1.17. The summed E-state index contributed by atoms with van der Waals surface area (Å²) in [5.74, 6) is 1.12. The van der Waals surface area contributed by atoms with E-state index in [-0.39, 0.29) is 12.2 Å². The maximum atomic E-state index is 12.2. The number of aldehydes is 1. The first kappa shape index (κ1) is 15.2. The molecule has 3 aromatic heterocycles. The number of pyridine rings is 1. The van der Waals surface area contributed by atoms with Gasteiger partial charge in [0.1, 0.15) is 23.8 Å². The van der Waals surface area contributed by atoms with Gasteiger partial charge < -0.3 is 9.26 Å². The van der Waals surface area contributed by atoms with E-state index in [2.05, 4.69) is 10.1 Å². The van der Waals surface area contributed by atoms with Crippen molar-refractivity contribution in [2.45, 2.75) is 20.5 Å². The third-order valence-corrected chi connectivity index (χ3v) is 4.17. The SMILES string of the molecule is Cc1cc(COc2ccn(-c3nc(C)c(C=O)s3)c(=O)c2)no1. The third kappa shape index (κ3) is 3.21. The number of carbonyl (C=O) groups is 1. The molecule has 3 rings (SSSR count). The summed E-state index contributed by atoms with van der Waals surface area (Å²) in [5, 5.41) is 4.27. The van der Waals surface area contributed by atoms with E-state index in [1.54, 1.807) is 32.2 Å². The van der Waals surface area contributed by atoms with Crippen molar-refractivity contribution in [3.8, 4) is 10.9 Å². The molecule has 0 atom stereocenters. The van der Waals surface area contributed by atoms with Gasteiger partial charge in [-0.1, -0.05) is 16.5 Å². The van der Waals surface area contributed by atoms with Crippen LogP contribution in [0.25, 0.3) is 5.13 Å². The van der Waals surface area contributed by atoms with Crippen molar-refractivity contribution in [2.24, 2.45) is 0 Å². The van der Waals surface area contributed by atoms with Gasteiger partial charge in [-0.2, -0.15) is 0 Å². The Morgan fingerprint density at radius 1 is 1.39 bits per heavy atom. The zero-order valence-electron chi connectivity index (χ0n) is 12.5. The molecule has 0 aliphatic heterocycles. The minimum atomic E-state index is -0.287. The van der Waals surface area contributed by atoms with E-state index in [9.17, 15) is 9.59 Å². The third-order valence-electron chi connectivity index (χ3n) is 3.09. The second kappa shape index (κ2) is 6.17. The Bertz CT molecular complexity index is 910. The predicted octanol–water partition coefficient (Wildman–Crippen LogP) is 2.29. The van der Waals surface area contributed by atoms with E-state index in [1.165, 1.54) is 22.0 Å². The van der Waals surface area contributed by atoms with Crippen LogP contribution in [0.4, 0.5) is 0 Å². The van der Waals surface area contributed by atoms with Crippen molar-refractivity contribution in [3.63, 3.8) is 0 Å². The fraction of sp³-hybridized carbons (Fsp3) is 0.200. The number of ether oxygens (including phenoxy) is 1. The van der Waals surface area contributed by atoms with Crippen LogP contribution in [0.3, 0.4) is 0 Å². The highest BCUT2D eigenvalue weighted by Gasteiger charge is 2.10. The van der Waals surface area contributed by atoms with Gasteiger partial charge >= 0.3 is 0 Å². The summed E-state index contributed by atoms with van der Waals surface area (Å²) in [6.07, 6.45) is 2.30. The number of aryl methyl sites for hydroxylation is 2. The summed E-state index contributed by atoms with van der Waals surface area (Å²) in [6, 6.07) is 4.79. The van der Waals surface area contributed by atoms with Crippen molar-refractivity contribution in [3.05, 3.63) is 56.8 Å². The Morgan fingerprint density at radius 2 is 2.22 bits per heavy atom. The highest BCUT2D eigenvalue weighted by molar-refractivity contribution is 7.15. The van der Waals surface area contributed by atoms with Crippen LogP contribution in [0.15, 0.2) is 33.7 Å². The van der Waals surface area contributed by atoms with Gasteiger partial charge in [0, 0.05) is 18.3 Å². The highest BCUT2D eigenvalue weighted by Crippen LogP contribution is 2.19. The van der Waals surface area contributed by atoms with Gasteiger partial charge in [-0.05, 0) is 19.9 Å². The minimum Gasteiger partial charge on any atom is -0.487 e. The molecular formula is C15H13N3O4S. The van der Waals surface area contributed by atoms with Crippen molar-refractivity contribution in [2.75, 3.05) is 0 Å². The lowest BCUT2D eigenvalue weighted by molar-refractivity contribution is 0.112. The smallest absolute Gasteiger partial charge is 0.260 e. The molecule has 23 heavy (non-hydrogen) atoms. The van der Waals surface area contributed by atoms with Crippen LogP contribution in [-0.4, -0.2) is 21.0 Å². The number of rotatable bonds is 5. The predicted molar refractivity (Wildman–Crippen MR) is 83.4 cm³/mol. The molecule has 7 nitrogen and oxygen atoms in total. The molecule has 0 fully saturated rings. The second-order valence-corrected chi connectivity index (χ2v) is 5.86. The quantitative estimate of drug-likeness (QED) is 0.667. The zero-order chi connectivity index (χ0) is 16.4. The minimum absolute atomic E-state index is 0.215. The van der Waals surface area contributed by atoms with Crippen LogP contribution in [-0.2, 0) is 6.61 Å². The van der Waals surface area contributed by atoms with Gasteiger partial charge in [0.25, 0.3) is 5.56 Å². The number of carbonyl (C=O) groups excluding carboxylic acids is 1. The lowest BCUT2D eigenvalue weighted by Gasteiger charge is -2.05. The van der Waals surface area contributed by atoms with Crippen molar-refractivity contribution in [1.82, 2.24) is 14.7 Å². The van der Waals surface area contributed by atoms with E-state index in [0.717, 1.165) is 6.29 Å². The molecule has 0 spiro atoms. The molecule has 0 radical (unpaired) electrons. The van der Waals surface area contributed by atoms with Crippen molar-refractivity contribution in [1.29, 1.82) is 0 Å². The monoisotopic (exact) mass is 331 g/mol. The van der Waals surface area contributed by atoms with E-state index < -0.39 is 0 Å². The molecule has 0 amide bonds. The van der Waals surface area contributed by atoms with Crippen LogP contribution in [0.5, 0.6) is 5.75 Å². The van der Waals surface area contributed by atoms with Gasteiger partial charge in [-0.15, -0.1) is 0 Å². The van der Waals surface area contributed by atoms with E-state index in [0.29, 0.717) is 32.9 Å². The van der Waals surface area contributed by atoms with Gasteiger partial charge in [0.2, 0.25) is 0 Å². The first-order valence-corrected chi connectivity index (χ1v) is 7.59. The summed E-state index contributed by atoms with van der Waals surface area (Å²) in [5.41, 5.74) is 0.969. The van der Waals surface area contributed by atoms with Gasteiger partial charge in [-0.25, -0.2) is 4.98 Å².